The third-order valence-electron chi connectivity index (χ3n) is 1.76. The summed E-state index contributed by atoms with van der Waals surface area (Å²) >= 11 is 10.8. The summed E-state index contributed by atoms with van der Waals surface area (Å²) in [6.07, 6.45) is 5.36. The summed E-state index contributed by atoms with van der Waals surface area (Å²) in [6.45, 7) is 4.68. The molecule has 1 heterocycles. The maximum atomic E-state index is 5.92. The summed E-state index contributed by atoms with van der Waals surface area (Å²) in [5, 5.41) is 3.26. The van der Waals surface area contributed by atoms with Crippen molar-refractivity contribution in [2.24, 2.45) is 0 Å². The molecule has 0 saturated carbocycles. The van der Waals surface area contributed by atoms with Crippen LogP contribution in [0.25, 0.3) is 0 Å². The Bertz CT molecular complexity index is 345. The Kier molecular flexibility index (Phi) is 4.03. The largest absolute Gasteiger partial charge is 0.297 e. The highest BCUT2D eigenvalue weighted by molar-refractivity contribution is 9.10. The molecule has 0 bridgehead atoms. The van der Waals surface area contributed by atoms with Crippen molar-refractivity contribution in [3.8, 4) is 12.3 Å². The third kappa shape index (κ3) is 3.29. The highest BCUT2D eigenvalue weighted by Gasteiger charge is 2.13. The van der Waals surface area contributed by atoms with Crippen molar-refractivity contribution in [3.63, 3.8) is 0 Å². The zero-order chi connectivity index (χ0) is 10.8. The fourth-order valence-corrected chi connectivity index (χ4v) is 2.57. The van der Waals surface area contributed by atoms with Gasteiger partial charge >= 0.3 is 0 Å². The van der Waals surface area contributed by atoms with Crippen LogP contribution in [-0.4, -0.2) is 5.54 Å². The normalized spacial score (nSPS) is 11.4. The van der Waals surface area contributed by atoms with Crippen molar-refractivity contribution in [3.05, 3.63) is 19.8 Å². The van der Waals surface area contributed by atoms with E-state index in [1.165, 1.54) is 4.88 Å². The number of rotatable bonds is 3. The van der Waals surface area contributed by atoms with Crippen LogP contribution in [0.5, 0.6) is 0 Å². The second-order valence-electron chi connectivity index (χ2n) is 3.46. The van der Waals surface area contributed by atoms with Crippen molar-refractivity contribution in [2.75, 3.05) is 0 Å². The average Bonchev–Trinajstić information content (AvgIpc) is 2.44. The lowest BCUT2D eigenvalue weighted by atomic mass is 10.1. The lowest BCUT2D eigenvalue weighted by molar-refractivity contribution is 0.494. The summed E-state index contributed by atoms with van der Waals surface area (Å²) in [6, 6.07) is 2.01. The van der Waals surface area contributed by atoms with Gasteiger partial charge in [-0.05, 0) is 35.8 Å². The van der Waals surface area contributed by atoms with Crippen LogP contribution in [0.3, 0.4) is 0 Å². The van der Waals surface area contributed by atoms with Crippen LogP contribution >= 0.6 is 38.9 Å². The monoisotopic (exact) mass is 291 g/mol. The molecule has 0 aliphatic heterocycles. The van der Waals surface area contributed by atoms with Gasteiger partial charge in [-0.15, -0.1) is 17.8 Å². The maximum Gasteiger partial charge on any atom is 0.107 e. The first-order valence-electron chi connectivity index (χ1n) is 4.11. The standard InChI is InChI=1S/C10H11BrClNS/c1-4-10(2,3)13-6-7-5-8(11)9(12)14-7/h1,5,13H,6H2,2-3H3. The van der Waals surface area contributed by atoms with Crippen molar-refractivity contribution >= 4 is 38.9 Å². The van der Waals surface area contributed by atoms with E-state index < -0.39 is 0 Å². The van der Waals surface area contributed by atoms with Crippen LogP contribution < -0.4 is 5.32 Å². The fraction of sp³-hybridized carbons (Fsp3) is 0.400. The first-order valence-corrected chi connectivity index (χ1v) is 6.10. The lowest BCUT2D eigenvalue weighted by Gasteiger charge is -2.18. The van der Waals surface area contributed by atoms with Crippen LogP contribution in [-0.2, 0) is 6.54 Å². The Morgan fingerprint density at radius 2 is 2.36 bits per heavy atom. The zero-order valence-corrected chi connectivity index (χ0v) is 11.2. The van der Waals surface area contributed by atoms with Crippen molar-refractivity contribution < 1.29 is 0 Å². The van der Waals surface area contributed by atoms with Gasteiger partial charge in [-0.25, -0.2) is 0 Å². The van der Waals surface area contributed by atoms with Gasteiger partial charge in [0.15, 0.2) is 0 Å². The molecule has 0 spiro atoms. The molecule has 0 atom stereocenters. The molecule has 0 aliphatic carbocycles. The van der Waals surface area contributed by atoms with Crippen LogP contribution in [0.2, 0.25) is 4.34 Å². The molecule has 0 fully saturated rings. The van der Waals surface area contributed by atoms with E-state index in [1.54, 1.807) is 11.3 Å². The Morgan fingerprint density at radius 1 is 1.71 bits per heavy atom. The highest BCUT2D eigenvalue weighted by atomic mass is 79.9. The van der Waals surface area contributed by atoms with E-state index in [4.69, 9.17) is 18.0 Å². The minimum absolute atomic E-state index is 0.275. The van der Waals surface area contributed by atoms with Gasteiger partial charge in [0.05, 0.1) is 5.54 Å². The van der Waals surface area contributed by atoms with E-state index in [-0.39, 0.29) is 5.54 Å². The van der Waals surface area contributed by atoms with Crippen LogP contribution in [0.4, 0.5) is 0 Å². The number of nitrogens with one attached hydrogen (secondary N) is 1. The van der Waals surface area contributed by atoms with Gasteiger partial charge in [-0.3, -0.25) is 5.32 Å². The van der Waals surface area contributed by atoms with Gasteiger partial charge in [-0.1, -0.05) is 17.5 Å². The number of hydrogen-bond acceptors (Lipinski definition) is 2. The molecule has 4 heteroatoms. The lowest BCUT2D eigenvalue weighted by Crippen LogP contribution is -2.36. The van der Waals surface area contributed by atoms with E-state index >= 15 is 0 Å². The Labute approximate surface area is 102 Å². The molecule has 1 rings (SSSR count). The second-order valence-corrected chi connectivity index (χ2v) is 6.05. The van der Waals surface area contributed by atoms with Crippen molar-refractivity contribution in [2.45, 2.75) is 25.9 Å². The number of thiophene rings is 1. The first-order chi connectivity index (χ1) is 6.44. The van der Waals surface area contributed by atoms with Crippen molar-refractivity contribution in [1.29, 1.82) is 0 Å². The van der Waals surface area contributed by atoms with Crippen molar-refractivity contribution in [1.82, 2.24) is 5.32 Å². The molecule has 76 valence electrons. The average molecular weight is 293 g/mol. The summed E-state index contributed by atoms with van der Waals surface area (Å²) in [5.41, 5.74) is -0.275. The topological polar surface area (TPSA) is 12.0 Å². The highest BCUT2D eigenvalue weighted by Crippen LogP contribution is 2.31. The molecule has 0 saturated heterocycles. The van der Waals surface area contributed by atoms with Crippen LogP contribution in [0.15, 0.2) is 10.5 Å². The zero-order valence-electron chi connectivity index (χ0n) is 8.03. The Hall–Kier alpha value is -0.0100. The predicted octanol–water partition coefficient (Wildman–Crippen LogP) is 3.67. The minimum atomic E-state index is -0.275. The first kappa shape index (κ1) is 12.1. The summed E-state index contributed by atoms with van der Waals surface area (Å²) in [5.74, 6) is 2.68. The molecule has 0 unspecified atom stereocenters. The summed E-state index contributed by atoms with van der Waals surface area (Å²) in [7, 11) is 0. The molecule has 0 radical (unpaired) electrons. The number of terminal acetylenes is 1. The molecule has 0 aromatic carbocycles. The number of hydrogen-bond donors (Lipinski definition) is 1. The fourth-order valence-electron chi connectivity index (χ4n) is 0.838. The van der Waals surface area contributed by atoms with Gasteiger partial charge in [0.2, 0.25) is 0 Å². The molecule has 0 amide bonds. The molecule has 14 heavy (non-hydrogen) atoms. The number of halogens is 2. The van der Waals surface area contributed by atoms with Gasteiger partial charge in [0, 0.05) is 15.9 Å². The van der Waals surface area contributed by atoms with Gasteiger partial charge < -0.3 is 0 Å². The molecule has 1 aromatic heterocycles. The van der Waals surface area contributed by atoms with E-state index in [9.17, 15) is 0 Å². The van der Waals surface area contributed by atoms with E-state index in [0.717, 1.165) is 15.4 Å². The minimum Gasteiger partial charge on any atom is -0.297 e. The maximum absolute atomic E-state index is 5.92. The second kappa shape index (κ2) is 4.67. The van der Waals surface area contributed by atoms with Gasteiger partial charge in [-0.2, -0.15) is 0 Å². The van der Waals surface area contributed by atoms with E-state index in [1.807, 2.05) is 19.9 Å². The molecular weight excluding hydrogens is 282 g/mol. The smallest absolute Gasteiger partial charge is 0.107 e. The molecular formula is C10H11BrClNS. The summed E-state index contributed by atoms with van der Waals surface area (Å²) < 4.78 is 1.72. The quantitative estimate of drug-likeness (QED) is 0.838. The molecule has 1 aromatic rings. The molecule has 1 N–H and O–H groups in total. The predicted molar refractivity (Wildman–Crippen MR) is 66.8 cm³/mol. The SMILES string of the molecule is C#CC(C)(C)NCc1cc(Br)c(Cl)s1. The van der Waals surface area contributed by atoms with E-state index in [0.29, 0.717) is 0 Å². The third-order valence-corrected chi connectivity index (χ3v) is 4.24. The summed E-state index contributed by atoms with van der Waals surface area (Å²) in [4.78, 5) is 1.17. The molecule has 1 nitrogen and oxygen atoms in total. The van der Waals surface area contributed by atoms with Gasteiger partial charge in [0.1, 0.15) is 4.34 Å². The Balaban J connectivity index is 2.59. The molecule has 0 aliphatic rings. The van der Waals surface area contributed by atoms with Crippen LogP contribution in [0.1, 0.15) is 18.7 Å². The van der Waals surface area contributed by atoms with Crippen LogP contribution in [0, 0.1) is 12.3 Å². The van der Waals surface area contributed by atoms with Gasteiger partial charge in [0.25, 0.3) is 0 Å². The van der Waals surface area contributed by atoms with E-state index in [2.05, 4.69) is 27.2 Å². The Morgan fingerprint density at radius 3 is 2.79 bits per heavy atom.